The summed E-state index contributed by atoms with van der Waals surface area (Å²) in [5.74, 6) is -2.61. The Balaban J connectivity index is 1.17. The maximum Gasteiger partial charge on any atom is 0.573 e. The normalized spacial score (nSPS) is 11.7. The van der Waals surface area contributed by atoms with Crippen molar-refractivity contribution in [3.63, 3.8) is 0 Å². The second kappa shape index (κ2) is 12.7. The zero-order chi connectivity index (χ0) is 27.8. The van der Waals surface area contributed by atoms with Crippen LogP contribution in [0, 0.1) is 5.82 Å². The Labute approximate surface area is 220 Å². The van der Waals surface area contributed by atoms with Crippen LogP contribution >= 0.6 is 0 Å². The van der Waals surface area contributed by atoms with E-state index in [1.807, 2.05) is 0 Å². The summed E-state index contributed by atoms with van der Waals surface area (Å²) in [5, 5.41) is 14.7. The molecule has 12 heteroatoms. The van der Waals surface area contributed by atoms with Gasteiger partial charge in [-0.15, -0.1) is 13.2 Å². The molecule has 2 N–H and O–H groups in total. The Bertz CT molecular complexity index is 1450. The van der Waals surface area contributed by atoms with Crippen LogP contribution in [0.5, 0.6) is 11.6 Å². The van der Waals surface area contributed by atoms with Gasteiger partial charge in [0.1, 0.15) is 6.61 Å². The van der Waals surface area contributed by atoms with E-state index in [1.165, 1.54) is 18.2 Å². The van der Waals surface area contributed by atoms with Crippen molar-refractivity contribution >= 4 is 27.6 Å². The smallest absolute Gasteiger partial charge is 0.478 e. The molecule has 2 aromatic heterocycles. The van der Waals surface area contributed by atoms with Crippen LogP contribution in [0.15, 0.2) is 54.9 Å². The molecule has 0 aliphatic heterocycles. The van der Waals surface area contributed by atoms with Gasteiger partial charge in [0.15, 0.2) is 11.6 Å². The van der Waals surface area contributed by atoms with Crippen LogP contribution in [0.2, 0.25) is 0 Å². The molecule has 4 aromatic rings. The van der Waals surface area contributed by atoms with Crippen molar-refractivity contribution in [2.75, 3.05) is 26.4 Å². The first-order valence-corrected chi connectivity index (χ1v) is 12.1. The van der Waals surface area contributed by atoms with E-state index in [0.717, 1.165) is 41.1 Å². The molecule has 39 heavy (non-hydrogen) atoms. The van der Waals surface area contributed by atoms with Gasteiger partial charge in [-0.05, 0) is 55.3 Å². The average molecular weight is 548 g/mol. The quantitative estimate of drug-likeness (QED) is 0.129. The molecule has 0 amide bonds. The Morgan fingerprint density at radius 3 is 2.59 bits per heavy atom. The number of aromatic nitrogens is 2. The zero-order valence-electron chi connectivity index (χ0n) is 20.6. The number of hydrogen-bond acceptors (Lipinski definition) is 7. The van der Waals surface area contributed by atoms with Gasteiger partial charge in [0.2, 0.25) is 5.88 Å². The number of unbranched alkanes of at least 4 members (excludes halogenated alkanes) is 1. The molecule has 0 fully saturated rings. The molecule has 0 aliphatic carbocycles. The number of carboxylic acids is 1. The number of alkyl halides is 3. The minimum atomic E-state index is -4.94. The number of benzene rings is 2. The maximum atomic E-state index is 13.7. The fraction of sp³-hybridized carbons (Fsp3) is 0.296. The summed E-state index contributed by atoms with van der Waals surface area (Å²) in [6.45, 7) is 1.96. The van der Waals surface area contributed by atoms with E-state index in [-0.39, 0.29) is 12.2 Å². The Morgan fingerprint density at radius 2 is 1.82 bits per heavy atom. The number of fused-ring (bicyclic) bond motifs is 3. The highest BCUT2D eigenvalue weighted by atomic mass is 19.4. The van der Waals surface area contributed by atoms with E-state index >= 15 is 0 Å². The number of hydrogen-bond donors (Lipinski definition) is 2. The van der Waals surface area contributed by atoms with Gasteiger partial charge in [-0.2, -0.15) is 0 Å². The lowest BCUT2D eigenvalue weighted by Crippen LogP contribution is -2.18. The second-order valence-electron chi connectivity index (χ2n) is 8.53. The minimum absolute atomic E-state index is 0.127. The monoisotopic (exact) mass is 547 g/mol. The zero-order valence-corrected chi connectivity index (χ0v) is 20.6. The molecule has 2 aromatic carbocycles. The molecule has 0 spiro atoms. The van der Waals surface area contributed by atoms with Crippen molar-refractivity contribution in [1.82, 2.24) is 15.3 Å². The maximum absolute atomic E-state index is 13.7. The first-order chi connectivity index (χ1) is 18.7. The topological polar surface area (TPSA) is 103 Å². The van der Waals surface area contributed by atoms with Crippen LogP contribution in [-0.2, 0) is 11.3 Å². The number of rotatable bonds is 13. The van der Waals surface area contributed by atoms with Crippen molar-refractivity contribution in [3.05, 3.63) is 71.8 Å². The van der Waals surface area contributed by atoms with Gasteiger partial charge in [-0.1, -0.05) is 12.1 Å². The third-order valence-electron chi connectivity index (χ3n) is 5.72. The number of halogens is 4. The first-order valence-electron chi connectivity index (χ1n) is 12.1. The highest BCUT2D eigenvalue weighted by Gasteiger charge is 2.32. The van der Waals surface area contributed by atoms with Gasteiger partial charge in [-0.25, -0.2) is 14.2 Å². The van der Waals surface area contributed by atoms with E-state index in [0.29, 0.717) is 43.3 Å². The molecule has 0 saturated heterocycles. The van der Waals surface area contributed by atoms with Crippen LogP contribution in [0.25, 0.3) is 21.7 Å². The summed E-state index contributed by atoms with van der Waals surface area (Å²) in [4.78, 5) is 20.0. The molecular formula is C27H25F4N3O5. The van der Waals surface area contributed by atoms with E-state index in [2.05, 4.69) is 20.0 Å². The van der Waals surface area contributed by atoms with E-state index in [4.69, 9.17) is 9.47 Å². The van der Waals surface area contributed by atoms with E-state index in [9.17, 15) is 27.5 Å². The number of nitrogens with zero attached hydrogens (tertiary/aromatic N) is 2. The Hall–Kier alpha value is -4.03. The van der Waals surface area contributed by atoms with Crippen LogP contribution in [0.4, 0.5) is 17.6 Å². The molecule has 206 valence electrons. The predicted octanol–water partition coefficient (Wildman–Crippen LogP) is 5.48. The van der Waals surface area contributed by atoms with Gasteiger partial charge in [0, 0.05) is 41.7 Å². The van der Waals surface area contributed by atoms with Gasteiger partial charge >= 0.3 is 12.3 Å². The molecule has 0 saturated carbocycles. The first kappa shape index (κ1) is 28.0. The molecule has 0 radical (unpaired) electrons. The number of carboxylic acid groups (broad SMARTS) is 1. The van der Waals surface area contributed by atoms with E-state index < -0.39 is 23.9 Å². The molecule has 4 rings (SSSR count). The molecule has 0 aliphatic rings. The average Bonchev–Trinajstić information content (AvgIpc) is 2.90. The molecular weight excluding hydrogens is 522 g/mol. The van der Waals surface area contributed by atoms with Crippen LogP contribution in [0.1, 0.15) is 28.8 Å². The van der Waals surface area contributed by atoms with Crippen molar-refractivity contribution < 1.29 is 41.7 Å². The third-order valence-corrected chi connectivity index (χ3v) is 5.72. The van der Waals surface area contributed by atoms with Gasteiger partial charge in [0.25, 0.3) is 0 Å². The SMILES string of the molecule is O=C(O)c1ccc2c(c1)nc(OCCOCCCCNCc1ccc(OC(F)(F)F)c(F)c1)c1ccncc12. The Morgan fingerprint density at radius 1 is 0.974 bits per heavy atom. The fourth-order valence-electron chi connectivity index (χ4n) is 3.91. The number of pyridine rings is 2. The van der Waals surface area contributed by atoms with Crippen LogP contribution < -0.4 is 14.8 Å². The Kier molecular flexibility index (Phi) is 9.10. The van der Waals surface area contributed by atoms with Crippen LogP contribution in [-0.4, -0.2) is 53.8 Å². The predicted molar refractivity (Wildman–Crippen MR) is 134 cm³/mol. The lowest BCUT2D eigenvalue weighted by molar-refractivity contribution is -0.275. The van der Waals surface area contributed by atoms with Crippen molar-refractivity contribution in [2.45, 2.75) is 25.7 Å². The highest BCUT2D eigenvalue weighted by molar-refractivity contribution is 6.08. The van der Waals surface area contributed by atoms with E-state index in [1.54, 1.807) is 24.5 Å². The summed E-state index contributed by atoms with van der Waals surface area (Å²) in [5.41, 5.74) is 1.12. The summed E-state index contributed by atoms with van der Waals surface area (Å²) in [6.07, 6.45) is -0.102. The summed E-state index contributed by atoms with van der Waals surface area (Å²) < 4.78 is 65.5. The minimum Gasteiger partial charge on any atom is -0.478 e. The van der Waals surface area contributed by atoms with Crippen molar-refractivity contribution in [3.8, 4) is 11.6 Å². The molecule has 8 nitrogen and oxygen atoms in total. The highest BCUT2D eigenvalue weighted by Crippen LogP contribution is 2.30. The van der Waals surface area contributed by atoms with Gasteiger partial charge in [-0.3, -0.25) is 4.98 Å². The summed E-state index contributed by atoms with van der Waals surface area (Å²) in [6, 6.07) is 9.85. The van der Waals surface area contributed by atoms with Gasteiger partial charge < -0.3 is 24.6 Å². The molecule has 0 atom stereocenters. The van der Waals surface area contributed by atoms with Crippen molar-refractivity contribution in [1.29, 1.82) is 0 Å². The number of ether oxygens (including phenoxy) is 3. The number of nitrogens with one attached hydrogen (secondary N) is 1. The third kappa shape index (κ3) is 7.74. The lowest BCUT2D eigenvalue weighted by atomic mass is 10.1. The second-order valence-corrected chi connectivity index (χ2v) is 8.53. The molecule has 0 unspecified atom stereocenters. The van der Waals surface area contributed by atoms with Gasteiger partial charge in [0.05, 0.1) is 17.7 Å². The fourth-order valence-corrected chi connectivity index (χ4v) is 3.91. The molecule has 2 heterocycles. The number of carbonyl (C=O) groups is 1. The lowest BCUT2D eigenvalue weighted by Gasteiger charge is -2.12. The standard InChI is InChI=1S/C27H25F4N3O5/c28-22-13-17(3-6-24(22)39-27(29,30)31)15-32-8-1-2-10-37-11-12-38-25-20-7-9-33-16-21(20)19-5-4-18(26(35)36)14-23(19)34-25/h3-7,9,13-14,16,32H,1-2,8,10-12,15H2,(H,35,36). The largest absolute Gasteiger partial charge is 0.573 e. The summed E-state index contributed by atoms with van der Waals surface area (Å²) >= 11 is 0. The van der Waals surface area contributed by atoms with Crippen LogP contribution in [0.3, 0.4) is 0 Å². The number of aromatic carboxylic acids is 1. The van der Waals surface area contributed by atoms with Crippen molar-refractivity contribution in [2.24, 2.45) is 0 Å². The summed E-state index contributed by atoms with van der Waals surface area (Å²) in [7, 11) is 0. The molecule has 0 bridgehead atoms.